The molecule has 20 heavy (non-hydrogen) atoms. The van der Waals surface area contributed by atoms with Gasteiger partial charge in [-0.1, -0.05) is 66.6 Å². The molecule has 0 amide bonds. The van der Waals surface area contributed by atoms with E-state index in [1.807, 2.05) is 0 Å². The lowest BCUT2D eigenvalue weighted by Gasteiger charge is -2.22. The van der Waals surface area contributed by atoms with Crippen molar-refractivity contribution in [2.45, 2.75) is 40.3 Å². The molecule has 0 radical (unpaired) electrons. The summed E-state index contributed by atoms with van der Waals surface area (Å²) in [6.07, 6.45) is 1.19. The van der Waals surface area contributed by atoms with Crippen molar-refractivity contribution in [2.75, 3.05) is 6.54 Å². The van der Waals surface area contributed by atoms with Crippen molar-refractivity contribution in [3.8, 4) is 0 Å². The Kier molecular flexibility index (Phi) is 5.37. The molecule has 0 bridgehead atoms. The highest BCUT2D eigenvalue weighted by Gasteiger charge is 2.06. The van der Waals surface area contributed by atoms with Gasteiger partial charge in [-0.3, -0.25) is 4.90 Å². The van der Waals surface area contributed by atoms with Crippen LogP contribution in [0.25, 0.3) is 0 Å². The van der Waals surface area contributed by atoms with E-state index in [-0.39, 0.29) is 0 Å². The molecule has 0 saturated carbocycles. The second-order valence-corrected chi connectivity index (χ2v) is 5.68. The number of rotatable bonds is 6. The fourth-order valence-corrected chi connectivity index (χ4v) is 2.43. The van der Waals surface area contributed by atoms with Gasteiger partial charge in [-0.25, -0.2) is 0 Å². The summed E-state index contributed by atoms with van der Waals surface area (Å²) in [5.74, 6) is 0. The van der Waals surface area contributed by atoms with Crippen LogP contribution in [0, 0.1) is 13.8 Å². The third kappa shape index (κ3) is 4.50. The minimum atomic E-state index is 1.03. The first-order valence-corrected chi connectivity index (χ1v) is 7.51. The van der Waals surface area contributed by atoms with Gasteiger partial charge < -0.3 is 0 Å². The van der Waals surface area contributed by atoms with Crippen molar-refractivity contribution in [3.05, 3.63) is 70.8 Å². The van der Waals surface area contributed by atoms with Gasteiger partial charge in [0.1, 0.15) is 0 Å². The van der Waals surface area contributed by atoms with Gasteiger partial charge in [0.05, 0.1) is 0 Å². The first-order chi connectivity index (χ1) is 9.67. The average molecular weight is 267 g/mol. The summed E-state index contributed by atoms with van der Waals surface area (Å²) in [4.78, 5) is 2.52. The van der Waals surface area contributed by atoms with E-state index in [1.165, 1.54) is 28.7 Å². The second kappa shape index (κ2) is 7.25. The Labute approximate surface area is 123 Å². The van der Waals surface area contributed by atoms with Crippen LogP contribution in [0.2, 0.25) is 0 Å². The van der Waals surface area contributed by atoms with Crippen LogP contribution in [-0.2, 0) is 13.1 Å². The number of hydrogen-bond donors (Lipinski definition) is 0. The molecule has 2 aromatic carbocycles. The Balaban J connectivity index is 2.02. The predicted octanol–water partition coefficient (Wildman–Crippen LogP) is 4.72. The maximum atomic E-state index is 2.52. The highest BCUT2D eigenvalue weighted by atomic mass is 15.1. The van der Waals surface area contributed by atoms with Crippen molar-refractivity contribution in [3.63, 3.8) is 0 Å². The van der Waals surface area contributed by atoms with Crippen LogP contribution in [0.5, 0.6) is 0 Å². The number of benzene rings is 2. The lowest BCUT2D eigenvalue weighted by atomic mass is 10.1. The van der Waals surface area contributed by atoms with Crippen molar-refractivity contribution >= 4 is 0 Å². The van der Waals surface area contributed by atoms with Crippen LogP contribution < -0.4 is 0 Å². The molecule has 0 aliphatic rings. The van der Waals surface area contributed by atoms with Gasteiger partial charge in [0, 0.05) is 13.1 Å². The number of hydrogen-bond acceptors (Lipinski definition) is 1. The summed E-state index contributed by atoms with van der Waals surface area (Å²) in [6.45, 7) is 9.73. The molecule has 0 saturated heterocycles. The molecule has 0 spiro atoms. The van der Waals surface area contributed by atoms with E-state index in [0.29, 0.717) is 0 Å². The zero-order valence-corrected chi connectivity index (χ0v) is 12.9. The van der Waals surface area contributed by atoms with Crippen molar-refractivity contribution in [2.24, 2.45) is 0 Å². The Morgan fingerprint density at radius 1 is 0.700 bits per heavy atom. The molecule has 0 N–H and O–H groups in total. The smallest absolute Gasteiger partial charge is 0.0237 e. The van der Waals surface area contributed by atoms with Crippen molar-refractivity contribution in [1.82, 2.24) is 4.90 Å². The van der Waals surface area contributed by atoms with E-state index in [9.17, 15) is 0 Å². The lowest BCUT2D eigenvalue weighted by molar-refractivity contribution is 0.257. The van der Waals surface area contributed by atoms with E-state index < -0.39 is 0 Å². The molecule has 0 aliphatic carbocycles. The zero-order chi connectivity index (χ0) is 14.4. The van der Waals surface area contributed by atoms with Crippen LogP contribution in [-0.4, -0.2) is 11.4 Å². The van der Waals surface area contributed by atoms with Gasteiger partial charge in [-0.05, 0) is 37.9 Å². The summed E-state index contributed by atoms with van der Waals surface area (Å²) >= 11 is 0. The van der Waals surface area contributed by atoms with Crippen LogP contribution in [0.4, 0.5) is 0 Å². The summed E-state index contributed by atoms with van der Waals surface area (Å²) in [7, 11) is 0. The number of nitrogens with zero attached hydrogens (tertiary/aromatic N) is 1. The predicted molar refractivity (Wildman–Crippen MR) is 86.8 cm³/mol. The lowest BCUT2D eigenvalue weighted by Crippen LogP contribution is -2.23. The Morgan fingerprint density at radius 2 is 1.10 bits per heavy atom. The van der Waals surface area contributed by atoms with E-state index in [2.05, 4.69) is 74.2 Å². The minimum Gasteiger partial charge on any atom is -0.295 e. The van der Waals surface area contributed by atoms with Crippen LogP contribution in [0.15, 0.2) is 48.5 Å². The Morgan fingerprint density at radius 3 is 1.45 bits per heavy atom. The summed E-state index contributed by atoms with van der Waals surface area (Å²) in [5, 5.41) is 0. The monoisotopic (exact) mass is 267 g/mol. The Bertz CT molecular complexity index is 463. The molecule has 0 unspecified atom stereocenters. The third-order valence-electron chi connectivity index (χ3n) is 3.59. The first kappa shape index (κ1) is 14.8. The van der Waals surface area contributed by atoms with Gasteiger partial charge in [0.25, 0.3) is 0 Å². The fraction of sp³-hybridized carbons (Fsp3) is 0.368. The first-order valence-electron chi connectivity index (χ1n) is 7.51. The quantitative estimate of drug-likeness (QED) is 0.732. The molecule has 0 heterocycles. The van der Waals surface area contributed by atoms with E-state index in [4.69, 9.17) is 0 Å². The van der Waals surface area contributed by atoms with Gasteiger partial charge in [0.2, 0.25) is 0 Å². The van der Waals surface area contributed by atoms with Crippen molar-refractivity contribution < 1.29 is 0 Å². The molecule has 0 atom stereocenters. The van der Waals surface area contributed by atoms with Gasteiger partial charge in [0.15, 0.2) is 0 Å². The largest absolute Gasteiger partial charge is 0.295 e. The van der Waals surface area contributed by atoms with Crippen LogP contribution in [0.1, 0.15) is 35.6 Å². The second-order valence-electron chi connectivity index (χ2n) is 5.68. The highest BCUT2D eigenvalue weighted by Crippen LogP contribution is 2.12. The normalized spacial score (nSPS) is 11.0. The molecule has 106 valence electrons. The highest BCUT2D eigenvalue weighted by molar-refractivity contribution is 5.23. The fourth-order valence-electron chi connectivity index (χ4n) is 2.43. The number of aryl methyl sites for hydroxylation is 2. The van der Waals surface area contributed by atoms with E-state index >= 15 is 0 Å². The maximum absolute atomic E-state index is 2.52. The molecular formula is C19H25N. The molecular weight excluding hydrogens is 242 g/mol. The molecule has 0 aromatic heterocycles. The minimum absolute atomic E-state index is 1.03. The maximum Gasteiger partial charge on any atom is 0.0237 e. The molecule has 1 nitrogen and oxygen atoms in total. The Hall–Kier alpha value is -1.60. The standard InChI is InChI=1S/C19H25N/c1-4-13-20(14-18-9-5-16(2)6-10-18)15-19-11-7-17(3)8-12-19/h5-12H,4,13-15H2,1-3H3. The average Bonchev–Trinajstić information content (AvgIpc) is 2.44. The molecule has 0 aliphatic heterocycles. The zero-order valence-electron chi connectivity index (χ0n) is 12.9. The summed E-state index contributed by atoms with van der Waals surface area (Å²) in [5.41, 5.74) is 5.45. The summed E-state index contributed by atoms with van der Waals surface area (Å²) < 4.78 is 0. The van der Waals surface area contributed by atoms with Crippen LogP contribution >= 0.6 is 0 Å². The molecule has 1 heteroatoms. The van der Waals surface area contributed by atoms with Crippen molar-refractivity contribution in [1.29, 1.82) is 0 Å². The van der Waals surface area contributed by atoms with Gasteiger partial charge in [-0.2, -0.15) is 0 Å². The summed E-state index contributed by atoms with van der Waals surface area (Å²) in [6, 6.07) is 17.8. The molecule has 0 fully saturated rings. The SMILES string of the molecule is CCCN(Cc1ccc(C)cc1)Cc1ccc(C)cc1. The van der Waals surface area contributed by atoms with Gasteiger partial charge >= 0.3 is 0 Å². The molecule has 2 rings (SSSR count). The van der Waals surface area contributed by atoms with Gasteiger partial charge in [-0.15, -0.1) is 0 Å². The van der Waals surface area contributed by atoms with Crippen LogP contribution in [0.3, 0.4) is 0 Å². The topological polar surface area (TPSA) is 3.24 Å². The van der Waals surface area contributed by atoms with E-state index in [1.54, 1.807) is 0 Å². The third-order valence-corrected chi connectivity index (χ3v) is 3.59. The molecule has 2 aromatic rings. The van der Waals surface area contributed by atoms with E-state index in [0.717, 1.165) is 19.6 Å².